The molecule has 0 atom stereocenters. The Kier molecular flexibility index (Phi) is 4.20. The molecule has 1 saturated heterocycles. The van der Waals surface area contributed by atoms with Crippen LogP contribution in [0, 0.1) is 11.3 Å². The number of hydrogen-bond acceptors (Lipinski definition) is 5. The van der Waals surface area contributed by atoms with Crippen LogP contribution >= 0.6 is 0 Å². The number of nitrogen functional groups attached to an aromatic ring is 1. The third kappa shape index (κ3) is 2.94. The molecule has 0 unspecified atom stereocenters. The van der Waals surface area contributed by atoms with Gasteiger partial charge in [-0.15, -0.1) is 0 Å². The predicted octanol–water partition coefficient (Wildman–Crippen LogP) is 1.16. The fourth-order valence-electron chi connectivity index (χ4n) is 2.78. The summed E-state index contributed by atoms with van der Waals surface area (Å²) in [6.45, 7) is 6.34. The Bertz CT molecular complexity index is 811. The average molecular weight is 322 g/mol. The lowest BCUT2D eigenvalue weighted by molar-refractivity contribution is -0.126. The maximum Gasteiger partial charge on any atom is 0.246 e. The highest BCUT2D eigenvalue weighted by molar-refractivity contribution is 5.87. The Hall–Kier alpha value is -3.27. The maximum atomic E-state index is 11.7. The monoisotopic (exact) mass is 322 g/mol. The van der Waals surface area contributed by atoms with Gasteiger partial charge in [-0.2, -0.15) is 5.26 Å². The van der Waals surface area contributed by atoms with Crippen LogP contribution in [-0.2, 0) is 4.79 Å². The summed E-state index contributed by atoms with van der Waals surface area (Å²) in [5.74, 6) is -0.0323. The highest BCUT2D eigenvalue weighted by Crippen LogP contribution is 2.25. The zero-order chi connectivity index (χ0) is 17.1. The van der Waals surface area contributed by atoms with E-state index in [2.05, 4.69) is 16.5 Å². The van der Waals surface area contributed by atoms with E-state index in [0.29, 0.717) is 24.5 Å². The first-order chi connectivity index (χ1) is 11.6. The fraction of sp³-hybridized carbons (Fsp3) is 0.235. The predicted molar refractivity (Wildman–Crippen MR) is 91.7 cm³/mol. The third-order valence-electron chi connectivity index (χ3n) is 4.12. The lowest BCUT2D eigenvalue weighted by Crippen LogP contribution is -2.48. The summed E-state index contributed by atoms with van der Waals surface area (Å²) in [6, 6.07) is 7.79. The molecule has 122 valence electrons. The topological polar surface area (TPSA) is 91.2 Å². The molecular weight excluding hydrogens is 304 g/mol. The number of nitrogens with zero attached hydrogens (tertiary/aromatic N) is 5. The van der Waals surface area contributed by atoms with Gasteiger partial charge < -0.3 is 20.1 Å². The lowest BCUT2D eigenvalue weighted by atomic mass is 10.2. The molecule has 2 N–H and O–H groups in total. The van der Waals surface area contributed by atoms with E-state index in [1.807, 2.05) is 24.3 Å². The molecular formula is C17H18N6O. The number of benzene rings is 1. The quantitative estimate of drug-likeness (QED) is 0.676. The number of piperazine rings is 1. The minimum atomic E-state index is -0.0323. The Labute approximate surface area is 140 Å². The molecule has 0 aliphatic carbocycles. The van der Waals surface area contributed by atoms with Gasteiger partial charge in [0.2, 0.25) is 5.91 Å². The van der Waals surface area contributed by atoms with Crippen LogP contribution in [-0.4, -0.2) is 46.5 Å². The largest absolute Gasteiger partial charge is 0.397 e. The lowest BCUT2D eigenvalue weighted by Gasteiger charge is -2.35. The molecule has 0 bridgehead atoms. The molecule has 1 fully saturated rings. The van der Waals surface area contributed by atoms with Gasteiger partial charge in [-0.3, -0.25) is 4.79 Å². The molecule has 7 heteroatoms. The molecule has 3 rings (SSSR count). The van der Waals surface area contributed by atoms with Crippen LogP contribution in [0.2, 0.25) is 0 Å². The molecule has 0 spiro atoms. The molecule has 1 aliphatic rings. The molecule has 1 aromatic heterocycles. The molecule has 2 aromatic rings. The van der Waals surface area contributed by atoms with Crippen molar-refractivity contribution in [3.63, 3.8) is 0 Å². The van der Waals surface area contributed by atoms with Gasteiger partial charge in [0.25, 0.3) is 0 Å². The van der Waals surface area contributed by atoms with Crippen LogP contribution in [0.5, 0.6) is 0 Å². The van der Waals surface area contributed by atoms with Crippen molar-refractivity contribution in [1.29, 1.82) is 5.26 Å². The smallest absolute Gasteiger partial charge is 0.246 e. The minimum Gasteiger partial charge on any atom is -0.397 e. The molecule has 1 amide bonds. The summed E-state index contributed by atoms with van der Waals surface area (Å²) < 4.78 is 1.74. The van der Waals surface area contributed by atoms with Crippen LogP contribution in [0.3, 0.4) is 0 Å². The highest BCUT2D eigenvalue weighted by atomic mass is 16.2. The molecule has 1 aliphatic heterocycles. The summed E-state index contributed by atoms with van der Waals surface area (Å²) in [5, 5.41) is 8.91. The number of rotatable bonds is 3. The highest BCUT2D eigenvalue weighted by Gasteiger charge is 2.20. The van der Waals surface area contributed by atoms with Crippen molar-refractivity contribution in [1.82, 2.24) is 14.5 Å². The van der Waals surface area contributed by atoms with Gasteiger partial charge in [0.05, 0.1) is 11.4 Å². The number of hydrogen-bond donors (Lipinski definition) is 1. The van der Waals surface area contributed by atoms with Crippen LogP contribution < -0.4 is 10.6 Å². The van der Waals surface area contributed by atoms with Crippen molar-refractivity contribution in [2.75, 3.05) is 36.8 Å². The normalized spacial score (nSPS) is 14.3. The molecule has 24 heavy (non-hydrogen) atoms. The van der Waals surface area contributed by atoms with Gasteiger partial charge >= 0.3 is 0 Å². The van der Waals surface area contributed by atoms with Gasteiger partial charge in [-0.05, 0) is 24.3 Å². The SMILES string of the molecule is C=CC(=O)N1CCN(c2ccc(N)c(-n3cnc(C#N)c3)c2)CC1. The Morgan fingerprint density at radius 3 is 2.71 bits per heavy atom. The molecule has 0 saturated carbocycles. The summed E-state index contributed by atoms with van der Waals surface area (Å²) in [6.07, 6.45) is 4.58. The first-order valence-corrected chi connectivity index (χ1v) is 7.62. The molecule has 7 nitrogen and oxygen atoms in total. The van der Waals surface area contributed by atoms with E-state index in [9.17, 15) is 4.79 Å². The molecule has 0 radical (unpaired) electrons. The molecule has 1 aromatic carbocycles. The van der Waals surface area contributed by atoms with E-state index in [-0.39, 0.29) is 5.91 Å². The van der Waals surface area contributed by atoms with E-state index in [1.54, 1.807) is 22.0 Å². The van der Waals surface area contributed by atoms with Crippen LogP contribution in [0.25, 0.3) is 5.69 Å². The van der Waals surface area contributed by atoms with E-state index in [4.69, 9.17) is 11.0 Å². The standard InChI is InChI=1S/C17H18N6O/c1-2-17(24)22-7-5-21(6-8-22)14-3-4-15(19)16(9-14)23-11-13(10-18)20-12-23/h2-4,9,11-12H,1,5-8,19H2. The number of imidazole rings is 1. The number of nitriles is 1. The second-order valence-electron chi connectivity index (χ2n) is 5.54. The minimum absolute atomic E-state index is 0.0323. The van der Waals surface area contributed by atoms with Gasteiger partial charge in [-0.1, -0.05) is 6.58 Å². The summed E-state index contributed by atoms with van der Waals surface area (Å²) in [4.78, 5) is 19.7. The van der Waals surface area contributed by atoms with E-state index >= 15 is 0 Å². The van der Waals surface area contributed by atoms with Gasteiger partial charge in [0, 0.05) is 38.1 Å². The van der Waals surface area contributed by atoms with Crippen LogP contribution in [0.4, 0.5) is 11.4 Å². The number of carbonyl (C=O) groups is 1. The maximum absolute atomic E-state index is 11.7. The van der Waals surface area contributed by atoms with E-state index < -0.39 is 0 Å². The fourth-order valence-corrected chi connectivity index (χ4v) is 2.78. The van der Waals surface area contributed by atoms with Crippen molar-refractivity contribution in [3.8, 4) is 11.8 Å². The summed E-state index contributed by atoms with van der Waals surface area (Å²) >= 11 is 0. The van der Waals surface area contributed by atoms with Crippen LogP contribution in [0.15, 0.2) is 43.4 Å². The second kappa shape index (κ2) is 6.46. The summed E-state index contributed by atoms with van der Waals surface area (Å²) in [5.41, 5.74) is 8.83. The van der Waals surface area contributed by atoms with E-state index in [1.165, 1.54) is 6.08 Å². The number of carbonyl (C=O) groups excluding carboxylic acids is 1. The number of nitrogens with two attached hydrogens (primary N) is 1. The first kappa shape index (κ1) is 15.6. The summed E-state index contributed by atoms with van der Waals surface area (Å²) in [7, 11) is 0. The Balaban J connectivity index is 1.81. The number of aromatic nitrogens is 2. The van der Waals surface area contributed by atoms with Crippen molar-refractivity contribution < 1.29 is 4.79 Å². The van der Waals surface area contributed by atoms with Crippen molar-refractivity contribution in [2.45, 2.75) is 0 Å². The van der Waals surface area contributed by atoms with Gasteiger partial charge in [0.1, 0.15) is 12.4 Å². The number of amides is 1. The zero-order valence-corrected chi connectivity index (χ0v) is 13.2. The second-order valence-corrected chi connectivity index (χ2v) is 5.54. The first-order valence-electron chi connectivity index (χ1n) is 7.62. The third-order valence-corrected chi connectivity index (χ3v) is 4.12. The van der Waals surface area contributed by atoms with E-state index in [0.717, 1.165) is 24.5 Å². The molecule has 2 heterocycles. The van der Waals surface area contributed by atoms with Gasteiger partial charge in [-0.25, -0.2) is 4.98 Å². The van der Waals surface area contributed by atoms with Gasteiger partial charge in [0.15, 0.2) is 5.69 Å². The number of anilines is 2. The average Bonchev–Trinajstić information content (AvgIpc) is 3.10. The van der Waals surface area contributed by atoms with Crippen molar-refractivity contribution in [3.05, 3.63) is 49.1 Å². The zero-order valence-electron chi connectivity index (χ0n) is 13.2. The Morgan fingerprint density at radius 1 is 1.33 bits per heavy atom. The Morgan fingerprint density at radius 2 is 2.08 bits per heavy atom. The van der Waals surface area contributed by atoms with Crippen molar-refractivity contribution >= 4 is 17.3 Å². The van der Waals surface area contributed by atoms with Crippen LogP contribution in [0.1, 0.15) is 5.69 Å². The van der Waals surface area contributed by atoms with Crippen molar-refractivity contribution in [2.24, 2.45) is 0 Å².